The maximum Gasteiger partial charge on any atom is 0.339 e. The number of aromatic nitrogens is 2. The van der Waals surface area contributed by atoms with Crippen molar-refractivity contribution in [2.24, 2.45) is 0 Å². The Balaban J connectivity index is 2.16. The van der Waals surface area contributed by atoms with Gasteiger partial charge in [-0.1, -0.05) is 18.2 Å². The fourth-order valence-corrected chi connectivity index (χ4v) is 1.96. The van der Waals surface area contributed by atoms with Gasteiger partial charge in [0.25, 0.3) is 0 Å². The van der Waals surface area contributed by atoms with Gasteiger partial charge in [0.1, 0.15) is 5.56 Å². The molecule has 18 heavy (non-hydrogen) atoms. The van der Waals surface area contributed by atoms with Gasteiger partial charge in [0.15, 0.2) is 0 Å². The third-order valence-electron chi connectivity index (χ3n) is 2.92. The normalized spacial score (nSPS) is 10.5. The number of nitrogens with one attached hydrogen (secondary N) is 1. The molecule has 0 aliphatic carbocycles. The van der Waals surface area contributed by atoms with Crippen LogP contribution in [0.2, 0.25) is 0 Å². The summed E-state index contributed by atoms with van der Waals surface area (Å²) in [7, 11) is 0. The first-order valence-corrected chi connectivity index (χ1v) is 5.70. The number of aromatic amines is 1. The maximum absolute atomic E-state index is 11.1. The van der Waals surface area contributed by atoms with E-state index < -0.39 is 5.97 Å². The number of nitrogens with zero attached hydrogens (tertiary/aromatic N) is 1. The van der Waals surface area contributed by atoms with E-state index in [1.54, 1.807) is 6.92 Å². The van der Waals surface area contributed by atoms with Crippen LogP contribution in [0.4, 0.5) is 5.69 Å². The van der Waals surface area contributed by atoms with Crippen LogP contribution in [-0.4, -0.2) is 21.3 Å². The molecule has 94 valence electrons. The molecule has 0 atom stereocenters. The summed E-state index contributed by atoms with van der Waals surface area (Å²) in [6.45, 7) is 1.71. The molecule has 2 aromatic rings. The highest BCUT2D eigenvalue weighted by atomic mass is 16.4. The Morgan fingerprint density at radius 3 is 2.78 bits per heavy atom. The molecule has 2 rings (SSSR count). The smallest absolute Gasteiger partial charge is 0.339 e. The molecule has 5 nitrogen and oxygen atoms in total. The molecule has 0 aliphatic rings. The molecular formula is C13H15N3O2. The van der Waals surface area contributed by atoms with Gasteiger partial charge in [-0.15, -0.1) is 0 Å². The van der Waals surface area contributed by atoms with E-state index in [9.17, 15) is 4.79 Å². The van der Waals surface area contributed by atoms with E-state index >= 15 is 0 Å². The van der Waals surface area contributed by atoms with E-state index in [0.29, 0.717) is 24.2 Å². The van der Waals surface area contributed by atoms with Crippen molar-refractivity contribution in [1.29, 1.82) is 0 Å². The van der Waals surface area contributed by atoms with Crippen LogP contribution in [0.1, 0.15) is 27.3 Å². The lowest BCUT2D eigenvalue weighted by molar-refractivity contribution is 0.0695. The monoisotopic (exact) mass is 245 g/mol. The molecule has 5 heteroatoms. The lowest BCUT2D eigenvalue weighted by Crippen LogP contribution is -2.04. The predicted octanol–water partition coefficient (Wildman–Crippen LogP) is 1.78. The molecule has 0 saturated heterocycles. The summed E-state index contributed by atoms with van der Waals surface area (Å²) in [5.41, 5.74) is 9.00. The minimum absolute atomic E-state index is 0.268. The number of nitrogens with two attached hydrogens (primary N) is 1. The molecule has 0 saturated carbocycles. The zero-order valence-electron chi connectivity index (χ0n) is 10.1. The summed E-state index contributed by atoms with van der Waals surface area (Å²) in [5, 5.41) is 15.8. The van der Waals surface area contributed by atoms with E-state index in [1.165, 1.54) is 0 Å². The van der Waals surface area contributed by atoms with Gasteiger partial charge in [0, 0.05) is 11.4 Å². The minimum Gasteiger partial charge on any atom is -0.478 e. The van der Waals surface area contributed by atoms with Gasteiger partial charge >= 0.3 is 5.97 Å². The van der Waals surface area contributed by atoms with Crippen molar-refractivity contribution in [3.63, 3.8) is 0 Å². The number of H-pyrrole nitrogens is 1. The highest BCUT2D eigenvalue weighted by Gasteiger charge is 2.16. The molecule has 0 unspecified atom stereocenters. The van der Waals surface area contributed by atoms with Gasteiger partial charge < -0.3 is 10.8 Å². The second-order valence-electron chi connectivity index (χ2n) is 4.17. The minimum atomic E-state index is -0.947. The van der Waals surface area contributed by atoms with Gasteiger partial charge in [0.05, 0.1) is 5.69 Å². The second kappa shape index (κ2) is 4.91. The quantitative estimate of drug-likeness (QED) is 0.716. The molecule has 0 spiro atoms. The Morgan fingerprint density at radius 1 is 1.39 bits per heavy atom. The summed E-state index contributed by atoms with van der Waals surface area (Å²) in [5.74, 6) is -0.947. The third-order valence-corrected chi connectivity index (χ3v) is 2.92. The Hall–Kier alpha value is -2.30. The van der Waals surface area contributed by atoms with Gasteiger partial charge in [-0.05, 0) is 31.4 Å². The number of aromatic carboxylic acids is 1. The topological polar surface area (TPSA) is 92.0 Å². The number of rotatable bonds is 4. The van der Waals surface area contributed by atoms with Crippen LogP contribution < -0.4 is 5.73 Å². The zero-order chi connectivity index (χ0) is 13.1. The van der Waals surface area contributed by atoms with Crippen LogP contribution in [0.3, 0.4) is 0 Å². The molecule has 0 aliphatic heterocycles. The van der Waals surface area contributed by atoms with E-state index in [1.807, 2.05) is 24.3 Å². The summed E-state index contributed by atoms with van der Waals surface area (Å²) >= 11 is 0. The number of anilines is 1. The van der Waals surface area contributed by atoms with Crippen LogP contribution >= 0.6 is 0 Å². The van der Waals surface area contributed by atoms with E-state index in [0.717, 1.165) is 11.3 Å². The number of para-hydroxylation sites is 1. The van der Waals surface area contributed by atoms with E-state index in [-0.39, 0.29) is 5.56 Å². The summed E-state index contributed by atoms with van der Waals surface area (Å²) < 4.78 is 0. The summed E-state index contributed by atoms with van der Waals surface area (Å²) in [4.78, 5) is 11.1. The van der Waals surface area contributed by atoms with Gasteiger partial charge in [0.2, 0.25) is 0 Å². The Bertz CT molecular complexity index is 575. The number of hydrogen-bond acceptors (Lipinski definition) is 3. The number of carbonyl (C=O) groups is 1. The predicted molar refractivity (Wildman–Crippen MR) is 68.5 cm³/mol. The highest BCUT2D eigenvalue weighted by molar-refractivity contribution is 5.90. The first kappa shape index (κ1) is 12.2. The summed E-state index contributed by atoms with van der Waals surface area (Å²) in [6.07, 6.45) is 1.23. The van der Waals surface area contributed by atoms with Crippen LogP contribution in [-0.2, 0) is 12.8 Å². The first-order chi connectivity index (χ1) is 8.59. The van der Waals surface area contributed by atoms with Crippen LogP contribution in [0, 0.1) is 6.92 Å². The third kappa shape index (κ3) is 2.34. The van der Waals surface area contributed by atoms with Gasteiger partial charge in [-0.2, -0.15) is 5.10 Å². The van der Waals surface area contributed by atoms with Crippen LogP contribution in [0.15, 0.2) is 24.3 Å². The van der Waals surface area contributed by atoms with Crippen molar-refractivity contribution in [1.82, 2.24) is 10.2 Å². The highest BCUT2D eigenvalue weighted by Crippen LogP contribution is 2.16. The molecular weight excluding hydrogens is 230 g/mol. The molecule has 0 radical (unpaired) electrons. The van der Waals surface area contributed by atoms with E-state index in [2.05, 4.69) is 10.2 Å². The van der Waals surface area contributed by atoms with E-state index in [4.69, 9.17) is 10.8 Å². The fourth-order valence-electron chi connectivity index (χ4n) is 1.96. The average molecular weight is 245 g/mol. The van der Waals surface area contributed by atoms with Crippen molar-refractivity contribution in [3.05, 3.63) is 46.8 Å². The molecule has 0 fully saturated rings. The molecule has 1 aromatic heterocycles. The number of aryl methyl sites for hydroxylation is 3. The van der Waals surface area contributed by atoms with Crippen LogP contribution in [0.25, 0.3) is 0 Å². The van der Waals surface area contributed by atoms with Crippen molar-refractivity contribution in [2.45, 2.75) is 19.8 Å². The Labute approximate surface area is 105 Å². The van der Waals surface area contributed by atoms with Crippen molar-refractivity contribution in [2.75, 3.05) is 5.73 Å². The van der Waals surface area contributed by atoms with Crippen molar-refractivity contribution < 1.29 is 9.90 Å². The number of carboxylic acids is 1. The maximum atomic E-state index is 11.1. The zero-order valence-corrected chi connectivity index (χ0v) is 10.1. The average Bonchev–Trinajstić information content (AvgIpc) is 2.69. The summed E-state index contributed by atoms with van der Waals surface area (Å²) in [6, 6.07) is 7.57. The SMILES string of the molecule is Cc1[nH]nc(CCc2ccccc2N)c1C(=O)O. The lowest BCUT2D eigenvalue weighted by atomic mass is 10.0. The Kier molecular flexibility index (Phi) is 3.32. The molecule has 0 amide bonds. The fraction of sp³-hybridized carbons (Fsp3) is 0.231. The number of hydrogen-bond donors (Lipinski definition) is 3. The van der Waals surface area contributed by atoms with Gasteiger partial charge in [-0.3, -0.25) is 5.10 Å². The van der Waals surface area contributed by atoms with Crippen molar-refractivity contribution >= 4 is 11.7 Å². The number of benzene rings is 1. The Morgan fingerprint density at radius 2 is 2.11 bits per heavy atom. The lowest BCUT2D eigenvalue weighted by Gasteiger charge is -2.04. The molecule has 4 N–H and O–H groups in total. The molecule has 1 heterocycles. The number of carboxylic acid groups (broad SMARTS) is 1. The number of nitrogen functional groups attached to an aromatic ring is 1. The largest absolute Gasteiger partial charge is 0.478 e. The second-order valence-corrected chi connectivity index (χ2v) is 4.17. The van der Waals surface area contributed by atoms with Crippen LogP contribution in [0.5, 0.6) is 0 Å². The molecule has 0 bridgehead atoms. The molecule has 1 aromatic carbocycles. The first-order valence-electron chi connectivity index (χ1n) is 5.70. The van der Waals surface area contributed by atoms with Gasteiger partial charge in [-0.25, -0.2) is 4.79 Å². The van der Waals surface area contributed by atoms with Crippen molar-refractivity contribution in [3.8, 4) is 0 Å². The standard InChI is InChI=1S/C13H15N3O2/c1-8-12(13(17)18)11(16-15-8)7-6-9-4-2-3-5-10(9)14/h2-5H,6-7,14H2,1H3,(H,15,16)(H,17,18).